The van der Waals surface area contributed by atoms with Crippen molar-refractivity contribution in [2.24, 2.45) is 5.41 Å². The molecule has 0 spiro atoms. The average Bonchev–Trinajstić information content (AvgIpc) is 3.27. The van der Waals surface area contributed by atoms with E-state index in [1.165, 1.54) is 32.1 Å². The molecule has 3 rings (SSSR count). The molecular formula is C16H25N3O2. The maximum atomic E-state index is 9.09. The van der Waals surface area contributed by atoms with Crippen LogP contribution < -0.4 is 10.1 Å². The SMILES string of the molecule is OCCC1(CNc2cncc(OC3CCCCC3)n2)CC1. The number of aliphatic hydroxyl groups excluding tert-OH is 1. The van der Waals surface area contributed by atoms with Gasteiger partial charge >= 0.3 is 0 Å². The molecule has 0 radical (unpaired) electrons. The Kier molecular flexibility index (Phi) is 4.58. The van der Waals surface area contributed by atoms with Crippen molar-refractivity contribution < 1.29 is 9.84 Å². The van der Waals surface area contributed by atoms with Gasteiger partial charge in [-0.25, -0.2) is 0 Å². The maximum Gasteiger partial charge on any atom is 0.234 e. The molecule has 0 amide bonds. The van der Waals surface area contributed by atoms with Crippen LogP contribution in [0, 0.1) is 5.41 Å². The first-order valence-electron chi connectivity index (χ1n) is 8.13. The molecule has 2 aliphatic rings. The van der Waals surface area contributed by atoms with Crippen LogP contribution in [0.4, 0.5) is 5.82 Å². The molecule has 0 aliphatic heterocycles. The van der Waals surface area contributed by atoms with Crippen molar-refractivity contribution in [3.63, 3.8) is 0 Å². The molecule has 2 fully saturated rings. The zero-order chi connectivity index (χ0) is 14.5. The van der Waals surface area contributed by atoms with Gasteiger partial charge in [-0.1, -0.05) is 6.42 Å². The van der Waals surface area contributed by atoms with Crippen LogP contribution in [0.3, 0.4) is 0 Å². The van der Waals surface area contributed by atoms with Crippen molar-refractivity contribution in [1.29, 1.82) is 0 Å². The summed E-state index contributed by atoms with van der Waals surface area (Å²) in [5, 5.41) is 12.4. The van der Waals surface area contributed by atoms with E-state index in [9.17, 15) is 0 Å². The van der Waals surface area contributed by atoms with E-state index >= 15 is 0 Å². The van der Waals surface area contributed by atoms with Crippen molar-refractivity contribution in [2.45, 2.75) is 57.5 Å². The number of hydrogen-bond donors (Lipinski definition) is 2. The molecule has 0 saturated heterocycles. The van der Waals surface area contributed by atoms with Crippen molar-refractivity contribution >= 4 is 5.82 Å². The second-order valence-corrected chi connectivity index (χ2v) is 6.45. The number of rotatable bonds is 7. The summed E-state index contributed by atoms with van der Waals surface area (Å²) in [7, 11) is 0. The normalized spacial score (nSPS) is 21.0. The first-order valence-corrected chi connectivity index (χ1v) is 8.13. The van der Waals surface area contributed by atoms with Gasteiger partial charge in [0.15, 0.2) is 0 Å². The van der Waals surface area contributed by atoms with Gasteiger partial charge in [0.05, 0.1) is 12.4 Å². The molecule has 0 unspecified atom stereocenters. The Balaban J connectivity index is 1.53. The third kappa shape index (κ3) is 4.06. The Morgan fingerprint density at radius 3 is 2.76 bits per heavy atom. The molecule has 2 aliphatic carbocycles. The summed E-state index contributed by atoms with van der Waals surface area (Å²) in [4.78, 5) is 8.72. The Morgan fingerprint density at radius 2 is 2.05 bits per heavy atom. The highest BCUT2D eigenvalue weighted by Gasteiger charge is 2.41. The van der Waals surface area contributed by atoms with Crippen molar-refractivity contribution in [3.05, 3.63) is 12.4 Å². The second kappa shape index (κ2) is 6.60. The maximum absolute atomic E-state index is 9.09. The summed E-state index contributed by atoms with van der Waals surface area (Å²) in [5.74, 6) is 1.39. The summed E-state index contributed by atoms with van der Waals surface area (Å²) < 4.78 is 5.94. The first-order chi connectivity index (χ1) is 10.3. The predicted molar refractivity (Wildman–Crippen MR) is 81.4 cm³/mol. The summed E-state index contributed by atoms with van der Waals surface area (Å²) in [6.45, 7) is 1.12. The molecule has 0 atom stereocenters. The highest BCUT2D eigenvalue weighted by atomic mass is 16.5. The van der Waals surface area contributed by atoms with Crippen molar-refractivity contribution in [1.82, 2.24) is 9.97 Å². The van der Waals surface area contributed by atoms with Gasteiger partial charge in [-0.05, 0) is 50.4 Å². The van der Waals surface area contributed by atoms with Crippen LogP contribution in [0.1, 0.15) is 51.4 Å². The van der Waals surface area contributed by atoms with Gasteiger partial charge in [0.2, 0.25) is 5.88 Å². The molecule has 5 nitrogen and oxygen atoms in total. The van der Waals surface area contributed by atoms with Crippen molar-refractivity contribution in [2.75, 3.05) is 18.5 Å². The van der Waals surface area contributed by atoms with Gasteiger partial charge in [0.25, 0.3) is 0 Å². The Labute approximate surface area is 126 Å². The fourth-order valence-electron chi connectivity index (χ4n) is 3.05. The van der Waals surface area contributed by atoms with Crippen LogP contribution in [-0.2, 0) is 0 Å². The second-order valence-electron chi connectivity index (χ2n) is 6.45. The van der Waals surface area contributed by atoms with E-state index < -0.39 is 0 Å². The standard InChI is InChI=1S/C16H25N3O2/c20-9-8-16(6-7-16)12-18-14-10-17-11-15(19-14)21-13-4-2-1-3-5-13/h10-11,13,20H,1-9,12H2,(H,18,19). The van der Waals surface area contributed by atoms with Gasteiger partial charge in [-0.3, -0.25) is 4.98 Å². The van der Waals surface area contributed by atoms with Crippen LogP contribution in [0.15, 0.2) is 12.4 Å². The quantitative estimate of drug-likeness (QED) is 0.808. The third-order valence-electron chi connectivity index (χ3n) is 4.70. The molecule has 21 heavy (non-hydrogen) atoms. The van der Waals surface area contributed by atoms with Gasteiger partial charge < -0.3 is 15.2 Å². The lowest BCUT2D eigenvalue weighted by atomic mass is 9.98. The third-order valence-corrected chi connectivity index (χ3v) is 4.70. The smallest absolute Gasteiger partial charge is 0.234 e. The van der Waals surface area contributed by atoms with E-state index in [2.05, 4.69) is 15.3 Å². The van der Waals surface area contributed by atoms with Crippen LogP contribution in [0.25, 0.3) is 0 Å². The zero-order valence-electron chi connectivity index (χ0n) is 12.6. The van der Waals surface area contributed by atoms with Crippen LogP contribution in [0.2, 0.25) is 0 Å². The van der Waals surface area contributed by atoms with E-state index in [0.29, 0.717) is 12.0 Å². The number of hydrogen-bond acceptors (Lipinski definition) is 5. The molecule has 5 heteroatoms. The Morgan fingerprint density at radius 1 is 1.24 bits per heavy atom. The van der Waals surface area contributed by atoms with E-state index in [-0.39, 0.29) is 12.0 Å². The summed E-state index contributed by atoms with van der Waals surface area (Å²) in [5.41, 5.74) is 0.274. The summed E-state index contributed by atoms with van der Waals surface area (Å²) in [6.07, 6.45) is 13.0. The van der Waals surface area contributed by atoms with Crippen LogP contribution in [-0.4, -0.2) is 34.3 Å². The molecule has 1 heterocycles. The monoisotopic (exact) mass is 291 g/mol. The van der Waals surface area contributed by atoms with E-state index in [1.54, 1.807) is 12.4 Å². The minimum absolute atomic E-state index is 0.262. The van der Waals surface area contributed by atoms with Crippen molar-refractivity contribution in [3.8, 4) is 5.88 Å². The predicted octanol–water partition coefficient (Wildman–Crippen LogP) is 2.76. The van der Waals surface area contributed by atoms with Gasteiger partial charge in [0.1, 0.15) is 11.9 Å². The van der Waals surface area contributed by atoms with E-state index in [0.717, 1.165) is 31.6 Å². The molecule has 2 saturated carbocycles. The molecule has 2 N–H and O–H groups in total. The minimum Gasteiger partial charge on any atom is -0.473 e. The lowest BCUT2D eigenvalue weighted by Gasteiger charge is -2.22. The largest absolute Gasteiger partial charge is 0.473 e. The van der Waals surface area contributed by atoms with Gasteiger partial charge in [0, 0.05) is 13.2 Å². The highest BCUT2D eigenvalue weighted by Crippen LogP contribution is 2.48. The Hall–Kier alpha value is -1.36. The highest BCUT2D eigenvalue weighted by molar-refractivity contribution is 5.34. The molecule has 116 valence electrons. The lowest BCUT2D eigenvalue weighted by Crippen LogP contribution is -2.21. The zero-order valence-corrected chi connectivity index (χ0v) is 12.6. The topological polar surface area (TPSA) is 67.3 Å². The van der Waals surface area contributed by atoms with Gasteiger partial charge in [-0.2, -0.15) is 4.98 Å². The summed E-state index contributed by atoms with van der Waals surface area (Å²) >= 11 is 0. The molecule has 1 aromatic heterocycles. The number of aliphatic hydroxyl groups is 1. The first kappa shape index (κ1) is 14.6. The number of nitrogens with zero attached hydrogens (tertiary/aromatic N) is 2. The molecule has 0 bridgehead atoms. The number of aromatic nitrogens is 2. The minimum atomic E-state index is 0.262. The van der Waals surface area contributed by atoms with E-state index in [1.807, 2.05) is 0 Å². The lowest BCUT2D eigenvalue weighted by molar-refractivity contribution is 0.148. The molecular weight excluding hydrogens is 266 g/mol. The molecule has 1 aromatic rings. The van der Waals surface area contributed by atoms with Gasteiger partial charge in [-0.15, -0.1) is 0 Å². The fraction of sp³-hybridized carbons (Fsp3) is 0.750. The van der Waals surface area contributed by atoms with Crippen LogP contribution in [0.5, 0.6) is 5.88 Å². The number of nitrogens with one attached hydrogen (secondary N) is 1. The average molecular weight is 291 g/mol. The van der Waals surface area contributed by atoms with E-state index in [4.69, 9.17) is 9.84 Å². The Bertz CT molecular complexity index is 457. The summed E-state index contributed by atoms with van der Waals surface area (Å²) in [6, 6.07) is 0. The fourth-order valence-corrected chi connectivity index (χ4v) is 3.05. The van der Waals surface area contributed by atoms with Crippen LogP contribution >= 0.6 is 0 Å². The number of ether oxygens (including phenoxy) is 1. The molecule has 0 aromatic carbocycles. The number of anilines is 1.